The number of aromatic nitrogens is 2. The van der Waals surface area contributed by atoms with Crippen LogP contribution in [-0.4, -0.2) is 71.0 Å². The summed E-state index contributed by atoms with van der Waals surface area (Å²) in [5, 5.41) is 0. The van der Waals surface area contributed by atoms with Gasteiger partial charge in [-0.2, -0.15) is 12.7 Å². The first-order valence-corrected chi connectivity index (χ1v) is 11.7. The van der Waals surface area contributed by atoms with Gasteiger partial charge in [0.05, 0.1) is 37.0 Å². The highest BCUT2D eigenvalue weighted by Gasteiger charge is 2.66. The Morgan fingerprint density at radius 2 is 1.97 bits per heavy atom. The fourth-order valence-electron chi connectivity index (χ4n) is 5.00. The Hall–Kier alpha value is -3.05. The van der Waals surface area contributed by atoms with Gasteiger partial charge in [-0.05, 0) is 12.0 Å². The molecule has 2 aliphatic heterocycles. The van der Waals surface area contributed by atoms with Crippen molar-refractivity contribution in [1.82, 2.24) is 18.2 Å². The van der Waals surface area contributed by atoms with Crippen molar-refractivity contribution in [3.63, 3.8) is 0 Å². The van der Waals surface area contributed by atoms with Crippen LogP contribution in [0, 0.1) is 11.8 Å². The monoisotopic (exact) mass is 457 g/mol. The Morgan fingerprint density at radius 1 is 1.22 bits per heavy atom. The molecule has 3 aliphatic rings. The molecule has 0 radical (unpaired) electrons. The molecule has 0 N–H and O–H groups in total. The van der Waals surface area contributed by atoms with Gasteiger partial charge in [-0.25, -0.2) is 8.96 Å². The predicted octanol–water partition coefficient (Wildman–Crippen LogP) is 0.624. The molecule has 5 rings (SSSR count). The lowest BCUT2D eigenvalue weighted by Gasteiger charge is -2.29. The summed E-state index contributed by atoms with van der Waals surface area (Å²) >= 11 is 0. The van der Waals surface area contributed by atoms with Crippen molar-refractivity contribution >= 4 is 28.4 Å². The molecule has 10 nitrogen and oxygen atoms in total. The number of carbonyl (C=O) groups is 2. The standard InChI is InChI=1S/C21H23N5O5S/c1-24(2)32(29,30)26-10-16(22-12-26)18-17-15(11-31-19(17)27)8-21(18)20(28)25(13-23-21)9-14-6-4-3-5-7-14/h3-7,10,12-13,15,17-18H,8-9,11H2,1-2H3/t15-,17-,18+,21+/m0/s1. The normalized spacial score (nSPS) is 29.3. The minimum absolute atomic E-state index is 0.180. The van der Waals surface area contributed by atoms with Gasteiger partial charge >= 0.3 is 16.2 Å². The van der Waals surface area contributed by atoms with Gasteiger partial charge in [-0.15, -0.1) is 0 Å². The molecule has 3 heterocycles. The number of hydrogen-bond acceptors (Lipinski definition) is 7. The number of fused-ring (bicyclic) bond motifs is 1. The van der Waals surface area contributed by atoms with Gasteiger partial charge in [0.2, 0.25) is 0 Å². The van der Waals surface area contributed by atoms with E-state index in [9.17, 15) is 18.0 Å². The van der Waals surface area contributed by atoms with Crippen molar-refractivity contribution < 1.29 is 22.7 Å². The summed E-state index contributed by atoms with van der Waals surface area (Å²) in [6, 6.07) is 9.57. The predicted molar refractivity (Wildman–Crippen MR) is 114 cm³/mol. The number of benzene rings is 1. The highest BCUT2D eigenvalue weighted by Crippen LogP contribution is 2.56. The van der Waals surface area contributed by atoms with Crippen LogP contribution in [0.15, 0.2) is 47.8 Å². The van der Waals surface area contributed by atoms with Gasteiger partial charge in [-0.1, -0.05) is 30.3 Å². The van der Waals surface area contributed by atoms with E-state index in [-0.39, 0.29) is 18.4 Å². The van der Waals surface area contributed by atoms with Crippen molar-refractivity contribution in [2.24, 2.45) is 16.8 Å². The molecule has 1 aromatic heterocycles. The third-order valence-electron chi connectivity index (χ3n) is 6.55. The van der Waals surface area contributed by atoms with Crippen molar-refractivity contribution in [2.45, 2.75) is 24.4 Å². The van der Waals surface area contributed by atoms with Crippen molar-refractivity contribution in [2.75, 3.05) is 20.7 Å². The summed E-state index contributed by atoms with van der Waals surface area (Å²) in [5.74, 6) is -2.09. The average Bonchev–Trinajstić information content (AvgIpc) is 3.52. The molecule has 11 heteroatoms. The summed E-state index contributed by atoms with van der Waals surface area (Å²) in [5.41, 5.74) is 0.0960. The van der Waals surface area contributed by atoms with Crippen LogP contribution >= 0.6 is 0 Å². The third kappa shape index (κ3) is 2.99. The minimum Gasteiger partial charge on any atom is -0.465 e. The summed E-state index contributed by atoms with van der Waals surface area (Å²) in [6.07, 6.45) is 4.44. The average molecular weight is 458 g/mol. The number of hydrogen-bond donors (Lipinski definition) is 0. The quantitative estimate of drug-likeness (QED) is 0.608. The molecule has 4 atom stereocenters. The van der Waals surface area contributed by atoms with Gasteiger partial charge in [-0.3, -0.25) is 19.5 Å². The third-order valence-corrected chi connectivity index (χ3v) is 8.20. The van der Waals surface area contributed by atoms with E-state index in [2.05, 4.69) is 9.98 Å². The summed E-state index contributed by atoms with van der Waals surface area (Å²) < 4.78 is 32.4. The first kappa shape index (κ1) is 20.8. The number of nitrogens with zero attached hydrogens (tertiary/aromatic N) is 5. The molecule has 1 amide bonds. The van der Waals surface area contributed by atoms with Gasteiger partial charge in [0, 0.05) is 26.2 Å². The second-order valence-electron chi connectivity index (χ2n) is 8.60. The summed E-state index contributed by atoms with van der Waals surface area (Å²) in [4.78, 5) is 36.8. The van der Waals surface area contributed by atoms with Crippen LogP contribution in [0.3, 0.4) is 0 Å². The first-order valence-electron chi connectivity index (χ1n) is 10.3. The van der Waals surface area contributed by atoms with E-state index < -0.39 is 33.6 Å². The van der Waals surface area contributed by atoms with Crippen molar-refractivity contribution in [3.05, 3.63) is 54.1 Å². The molecule has 1 spiro atoms. The zero-order valence-corrected chi connectivity index (χ0v) is 18.5. The number of esters is 1. The van der Waals surface area contributed by atoms with E-state index in [0.29, 0.717) is 18.7 Å². The van der Waals surface area contributed by atoms with Gasteiger partial charge in [0.15, 0.2) is 5.54 Å². The topological polar surface area (TPSA) is 114 Å². The van der Waals surface area contributed by atoms with Crippen LogP contribution in [0.5, 0.6) is 0 Å². The Kier molecular flexibility index (Phi) is 4.71. The van der Waals surface area contributed by atoms with Gasteiger partial charge in [0.1, 0.15) is 6.33 Å². The maximum absolute atomic E-state index is 13.7. The molecule has 0 bridgehead atoms. The van der Waals surface area contributed by atoms with Gasteiger partial charge < -0.3 is 4.74 Å². The molecular formula is C21H23N5O5S. The fraction of sp³-hybridized carbons (Fsp3) is 0.429. The Labute approximate surface area is 185 Å². The highest BCUT2D eigenvalue weighted by molar-refractivity contribution is 7.87. The summed E-state index contributed by atoms with van der Waals surface area (Å²) in [6.45, 7) is 0.584. The Morgan fingerprint density at radius 3 is 2.69 bits per heavy atom. The molecule has 168 valence electrons. The van der Waals surface area contributed by atoms with Crippen LogP contribution in [0.25, 0.3) is 0 Å². The van der Waals surface area contributed by atoms with Crippen LogP contribution in [0.4, 0.5) is 0 Å². The lowest BCUT2D eigenvalue weighted by molar-refractivity contribution is -0.142. The number of aliphatic imine (C=N–C) groups is 1. The molecule has 2 fully saturated rings. The van der Waals surface area contributed by atoms with Gasteiger partial charge in [0.25, 0.3) is 5.91 Å². The first-order chi connectivity index (χ1) is 15.2. The number of carbonyl (C=O) groups excluding carboxylic acids is 2. The van der Waals surface area contributed by atoms with E-state index in [1.54, 1.807) is 4.90 Å². The van der Waals surface area contributed by atoms with Crippen molar-refractivity contribution in [1.29, 1.82) is 0 Å². The number of imidazole rings is 1. The van der Waals surface area contributed by atoms with E-state index in [4.69, 9.17) is 4.74 Å². The lowest BCUT2D eigenvalue weighted by atomic mass is 9.80. The van der Waals surface area contributed by atoms with Crippen molar-refractivity contribution in [3.8, 4) is 0 Å². The molecule has 1 aliphatic carbocycles. The maximum Gasteiger partial charge on any atom is 0.310 e. The summed E-state index contributed by atoms with van der Waals surface area (Å²) in [7, 11) is -0.945. The van der Waals surface area contributed by atoms with E-state index in [0.717, 1.165) is 13.8 Å². The van der Waals surface area contributed by atoms with Crippen LogP contribution in [0.2, 0.25) is 0 Å². The van der Waals surface area contributed by atoms with E-state index >= 15 is 0 Å². The minimum atomic E-state index is -3.78. The van der Waals surface area contributed by atoms with E-state index in [1.807, 2.05) is 30.3 Å². The molecule has 1 saturated heterocycles. The number of ether oxygens (including phenoxy) is 1. The highest BCUT2D eigenvalue weighted by atomic mass is 32.2. The second-order valence-corrected chi connectivity index (χ2v) is 10.7. The second kappa shape index (κ2) is 7.24. The fourth-order valence-corrected chi connectivity index (χ4v) is 5.78. The van der Waals surface area contributed by atoms with Crippen LogP contribution in [-0.2, 0) is 31.1 Å². The van der Waals surface area contributed by atoms with E-state index in [1.165, 1.54) is 33.0 Å². The van der Waals surface area contributed by atoms with Crippen LogP contribution < -0.4 is 0 Å². The molecule has 2 aromatic rings. The zero-order valence-electron chi connectivity index (χ0n) is 17.7. The molecule has 1 saturated carbocycles. The molecular weight excluding hydrogens is 434 g/mol. The number of rotatable bonds is 5. The molecule has 32 heavy (non-hydrogen) atoms. The maximum atomic E-state index is 13.7. The smallest absolute Gasteiger partial charge is 0.310 e. The zero-order chi connectivity index (χ0) is 22.7. The Balaban J connectivity index is 1.53. The number of cyclic esters (lactones) is 1. The number of amides is 1. The molecule has 0 unspecified atom stereocenters. The lowest BCUT2D eigenvalue weighted by Crippen LogP contribution is -2.44. The molecule has 1 aromatic carbocycles. The largest absolute Gasteiger partial charge is 0.465 e. The van der Waals surface area contributed by atoms with Crippen LogP contribution in [0.1, 0.15) is 23.6 Å². The SMILES string of the molecule is CN(C)S(=O)(=O)n1cnc([C@@H]2[C@H]3C(=O)OC[C@@H]3C[C@@]23N=CN(Cc2ccccc2)C3=O)c1. The Bertz CT molecular complexity index is 1210.